The van der Waals surface area contributed by atoms with Crippen LogP contribution in [0.1, 0.15) is 0 Å². The molecule has 0 aliphatic heterocycles. The molecule has 0 heterocycles. The van der Waals surface area contributed by atoms with Crippen LogP contribution in [0, 0.1) is 0 Å². The van der Waals surface area contributed by atoms with Crippen LogP contribution < -0.4 is 5.32 Å². The second-order valence-electron chi connectivity index (χ2n) is 3.58. The summed E-state index contributed by atoms with van der Waals surface area (Å²) in [7, 11) is 0. The van der Waals surface area contributed by atoms with E-state index in [2.05, 4.69) is 21.2 Å². The molecule has 1 aromatic rings. The standard InChI is InChI=1S/C11H11BrN2O5/c12-7-2-1-3-8(4-7)13-11(19)14(5-9(15)16)6-10(17)18/h1-4H,5-6H2,(H,13,19)(H,15,16)(H,17,18). The average Bonchev–Trinajstić information content (AvgIpc) is 2.26. The van der Waals surface area contributed by atoms with Crippen molar-refractivity contribution in [2.45, 2.75) is 0 Å². The second kappa shape index (κ2) is 6.74. The number of nitrogens with zero attached hydrogens (tertiary/aromatic N) is 1. The van der Waals surface area contributed by atoms with Gasteiger partial charge in [-0.1, -0.05) is 22.0 Å². The van der Waals surface area contributed by atoms with Gasteiger partial charge in [-0.05, 0) is 18.2 Å². The van der Waals surface area contributed by atoms with Crippen molar-refractivity contribution in [3.8, 4) is 0 Å². The van der Waals surface area contributed by atoms with E-state index in [0.29, 0.717) is 10.6 Å². The Morgan fingerprint density at radius 1 is 1.16 bits per heavy atom. The molecular formula is C11H11BrN2O5. The number of carbonyl (C=O) groups is 3. The zero-order valence-electron chi connectivity index (χ0n) is 9.67. The normalized spacial score (nSPS) is 9.74. The van der Waals surface area contributed by atoms with Gasteiger partial charge in [0.2, 0.25) is 0 Å². The van der Waals surface area contributed by atoms with Gasteiger partial charge in [0.1, 0.15) is 13.1 Å². The number of rotatable bonds is 5. The van der Waals surface area contributed by atoms with Crippen molar-refractivity contribution in [3.05, 3.63) is 28.7 Å². The number of hydrogen-bond acceptors (Lipinski definition) is 3. The quantitative estimate of drug-likeness (QED) is 0.757. The number of hydrogen-bond donors (Lipinski definition) is 3. The topological polar surface area (TPSA) is 107 Å². The highest BCUT2D eigenvalue weighted by atomic mass is 79.9. The molecule has 0 bridgehead atoms. The first kappa shape index (κ1) is 15.0. The van der Waals surface area contributed by atoms with Gasteiger partial charge in [-0.15, -0.1) is 0 Å². The van der Waals surface area contributed by atoms with Crippen LogP contribution in [0.4, 0.5) is 10.5 Å². The molecule has 0 unspecified atom stereocenters. The first-order valence-corrected chi connectivity index (χ1v) is 5.93. The summed E-state index contributed by atoms with van der Waals surface area (Å²) in [5.74, 6) is -2.57. The Balaban J connectivity index is 2.76. The number of carboxylic acids is 2. The smallest absolute Gasteiger partial charge is 0.323 e. The Kier molecular flexibility index (Phi) is 5.31. The third-order valence-corrected chi connectivity index (χ3v) is 2.51. The molecule has 0 aliphatic rings. The molecule has 19 heavy (non-hydrogen) atoms. The van der Waals surface area contributed by atoms with E-state index in [4.69, 9.17) is 10.2 Å². The van der Waals surface area contributed by atoms with Crippen molar-refractivity contribution in [3.63, 3.8) is 0 Å². The first-order valence-electron chi connectivity index (χ1n) is 5.13. The number of nitrogens with one attached hydrogen (secondary N) is 1. The molecule has 0 saturated carbocycles. The Hall–Kier alpha value is -2.09. The van der Waals surface area contributed by atoms with Crippen LogP contribution in [0.2, 0.25) is 0 Å². The predicted octanol–water partition coefficient (Wildman–Crippen LogP) is 1.45. The molecule has 0 spiro atoms. The fourth-order valence-electron chi connectivity index (χ4n) is 1.29. The Morgan fingerprint density at radius 3 is 2.21 bits per heavy atom. The molecule has 2 amide bonds. The highest BCUT2D eigenvalue weighted by molar-refractivity contribution is 9.10. The summed E-state index contributed by atoms with van der Waals surface area (Å²) in [6.07, 6.45) is 0. The molecule has 0 atom stereocenters. The molecule has 1 rings (SSSR count). The number of carboxylic acid groups (broad SMARTS) is 2. The largest absolute Gasteiger partial charge is 0.480 e. The van der Waals surface area contributed by atoms with Crippen molar-refractivity contribution in [2.75, 3.05) is 18.4 Å². The van der Waals surface area contributed by atoms with Gasteiger partial charge in [0.05, 0.1) is 0 Å². The number of amides is 2. The van der Waals surface area contributed by atoms with Crippen LogP contribution in [-0.4, -0.2) is 46.2 Å². The van der Waals surface area contributed by atoms with E-state index in [1.807, 2.05) is 0 Å². The monoisotopic (exact) mass is 330 g/mol. The van der Waals surface area contributed by atoms with Crippen LogP contribution >= 0.6 is 15.9 Å². The molecular weight excluding hydrogens is 320 g/mol. The van der Waals surface area contributed by atoms with Crippen molar-refractivity contribution in [1.29, 1.82) is 0 Å². The van der Waals surface area contributed by atoms with E-state index in [1.165, 1.54) is 0 Å². The van der Waals surface area contributed by atoms with E-state index in [9.17, 15) is 14.4 Å². The Labute approximate surface area is 117 Å². The van der Waals surface area contributed by atoms with Gasteiger partial charge in [0.15, 0.2) is 0 Å². The minimum absolute atomic E-state index is 0.431. The van der Waals surface area contributed by atoms with Crippen LogP contribution in [0.5, 0.6) is 0 Å². The van der Waals surface area contributed by atoms with Crippen LogP contribution in [0.25, 0.3) is 0 Å². The highest BCUT2D eigenvalue weighted by Gasteiger charge is 2.19. The lowest BCUT2D eigenvalue weighted by Gasteiger charge is -2.19. The van der Waals surface area contributed by atoms with Gasteiger partial charge >= 0.3 is 18.0 Å². The SMILES string of the molecule is O=C(O)CN(CC(=O)O)C(=O)Nc1cccc(Br)c1. The molecule has 0 fully saturated rings. The predicted molar refractivity (Wildman–Crippen MR) is 70.0 cm³/mol. The van der Waals surface area contributed by atoms with E-state index in [-0.39, 0.29) is 0 Å². The minimum atomic E-state index is -1.29. The van der Waals surface area contributed by atoms with Gasteiger partial charge in [0, 0.05) is 10.2 Å². The van der Waals surface area contributed by atoms with Gasteiger partial charge < -0.3 is 20.4 Å². The van der Waals surface area contributed by atoms with Gasteiger partial charge in [-0.25, -0.2) is 4.79 Å². The molecule has 0 aliphatic carbocycles. The number of carbonyl (C=O) groups excluding carboxylic acids is 1. The van der Waals surface area contributed by atoms with Crippen molar-refractivity contribution >= 4 is 39.6 Å². The fraction of sp³-hybridized carbons (Fsp3) is 0.182. The molecule has 0 saturated heterocycles. The minimum Gasteiger partial charge on any atom is -0.480 e. The molecule has 7 nitrogen and oxygen atoms in total. The van der Waals surface area contributed by atoms with Gasteiger partial charge in [-0.3, -0.25) is 9.59 Å². The summed E-state index contributed by atoms with van der Waals surface area (Å²) in [5, 5.41) is 19.7. The van der Waals surface area contributed by atoms with E-state index < -0.39 is 31.1 Å². The second-order valence-corrected chi connectivity index (χ2v) is 4.50. The third kappa shape index (κ3) is 5.38. The third-order valence-electron chi connectivity index (χ3n) is 2.02. The molecule has 8 heteroatoms. The number of urea groups is 1. The first-order chi connectivity index (χ1) is 8.88. The fourth-order valence-corrected chi connectivity index (χ4v) is 1.69. The zero-order chi connectivity index (χ0) is 14.4. The molecule has 102 valence electrons. The van der Waals surface area contributed by atoms with E-state index in [0.717, 1.165) is 4.47 Å². The summed E-state index contributed by atoms with van der Waals surface area (Å²) in [5.41, 5.74) is 0.431. The van der Waals surface area contributed by atoms with Gasteiger partial charge in [0.25, 0.3) is 0 Å². The van der Waals surface area contributed by atoms with Crippen LogP contribution in [0.15, 0.2) is 28.7 Å². The maximum Gasteiger partial charge on any atom is 0.323 e. The molecule has 0 aromatic heterocycles. The maximum atomic E-state index is 11.8. The Morgan fingerprint density at radius 2 is 1.74 bits per heavy atom. The summed E-state index contributed by atoms with van der Waals surface area (Å²) in [6, 6.07) is 5.85. The van der Waals surface area contributed by atoms with Crippen molar-refractivity contribution in [1.82, 2.24) is 4.90 Å². The zero-order valence-corrected chi connectivity index (χ0v) is 11.3. The average molecular weight is 331 g/mol. The lowest BCUT2D eigenvalue weighted by atomic mass is 10.3. The van der Waals surface area contributed by atoms with E-state index >= 15 is 0 Å². The van der Waals surface area contributed by atoms with Crippen LogP contribution in [-0.2, 0) is 9.59 Å². The maximum absolute atomic E-state index is 11.8. The summed E-state index contributed by atoms with van der Waals surface area (Å²) in [4.78, 5) is 33.6. The summed E-state index contributed by atoms with van der Waals surface area (Å²) in [6.45, 7) is -1.38. The van der Waals surface area contributed by atoms with Crippen molar-refractivity contribution < 1.29 is 24.6 Å². The molecule has 0 radical (unpaired) electrons. The number of aliphatic carboxylic acids is 2. The lowest BCUT2D eigenvalue weighted by Crippen LogP contribution is -2.41. The number of benzene rings is 1. The highest BCUT2D eigenvalue weighted by Crippen LogP contribution is 2.16. The molecule has 3 N–H and O–H groups in total. The van der Waals surface area contributed by atoms with Gasteiger partial charge in [-0.2, -0.15) is 0 Å². The Bertz CT molecular complexity index is 490. The lowest BCUT2D eigenvalue weighted by molar-refractivity contribution is -0.140. The van der Waals surface area contributed by atoms with Crippen molar-refractivity contribution in [2.24, 2.45) is 0 Å². The number of halogens is 1. The van der Waals surface area contributed by atoms with Crippen LogP contribution in [0.3, 0.4) is 0 Å². The number of anilines is 1. The summed E-state index contributed by atoms with van der Waals surface area (Å²) >= 11 is 3.22. The summed E-state index contributed by atoms with van der Waals surface area (Å²) < 4.78 is 0.730. The van der Waals surface area contributed by atoms with E-state index in [1.54, 1.807) is 24.3 Å². The molecule has 1 aromatic carbocycles.